The maximum atomic E-state index is 12.7. The van der Waals surface area contributed by atoms with Gasteiger partial charge in [0.25, 0.3) is 5.91 Å². The van der Waals surface area contributed by atoms with Gasteiger partial charge in [0, 0.05) is 25.7 Å². The van der Waals surface area contributed by atoms with Crippen LogP contribution in [0.2, 0.25) is 0 Å². The van der Waals surface area contributed by atoms with E-state index < -0.39 is 0 Å². The Morgan fingerprint density at radius 3 is 2.95 bits per heavy atom. The topological polar surface area (TPSA) is 51.0 Å². The average molecular weight is 335 g/mol. The van der Waals surface area contributed by atoms with E-state index in [0.717, 1.165) is 34.5 Å². The molecule has 0 aromatic carbocycles. The third kappa shape index (κ3) is 2.04. The fourth-order valence-electron chi connectivity index (χ4n) is 2.44. The Kier molecular flexibility index (Phi) is 3.33. The highest BCUT2D eigenvalue weighted by Gasteiger charge is 2.29. The van der Waals surface area contributed by atoms with E-state index in [1.54, 1.807) is 15.8 Å². The van der Waals surface area contributed by atoms with E-state index in [1.807, 2.05) is 26.1 Å². The van der Waals surface area contributed by atoms with E-state index in [2.05, 4.69) is 26.0 Å². The molecule has 3 heterocycles. The zero-order valence-corrected chi connectivity index (χ0v) is 13.0. The number of pyridine rings is 1. The van der Waals surface area contributed by atoms with Crippen LogP contribution in [-0.2, 0) is 13.0 Å². The van der Waals surface area contributed by atoms with Gasteiger partial charge in [-0.1, -0.05) is 0 Å². The first-order valence-electron chi connectivity index (χ1n) is 6.60. The number of amides is 1. The first-order chi connectivity index (χ1) is 9.61. The summed E-state index contributed by atoms with van der Waals surface area (Å²) in [6.07, 6.45) is 4.27. The van der Waals surface area contributed by atoms with E-state index in [0.29, 0.717) is 12.1 Å². The molecule has 0 spiro atoms. The average Bonchev–Trinajstić information content (AvgIpc) is 3.01. The van der Waals surface area contributed by atoms with Crippen molar-refractivity contribution >= 4 is 27.5 Å². The van der Waals surface area contributed by atoms with Crippen molar-refractivity contribution in [1.82, 2.24) is 14.8 Å². The summed E-state index contributed by atoms with van der Waals surface area (Å²) >= 11 is 3.45. The van der Waals surface area contributed by atoms with E-state index in [4.69, 9.17) is 0 Å². The Bertz CT molecular complexity index is 680. The molecule has 3 rings (SSSR count). The fraction of sp³-hybridized carbons (Fsp3) is 0.357. The van der Waals surface area contributed by atoms with Crippen LogP contribution in [0, 0.1) is 6.92 Å². The number of carbonyl (C=O) groups excluding carboxylic acids is 1. The molecule has 5 nitrogen and oxygen atoms in total. The maximum Gasteiger partial charge on any atom is 0.262 e. The second kappa shape index (κ2) is 5.01. The van der Waals surface area contributed by atoms with Gasteiger partial charge in [0.05, 0.1) is 23.1 Å². The SMILES string of the molecule is CCn1ncc(C(=O)N2CCc3ncc(C)cc32)c1Br. The number of hydrogen-bond donors (Lipinski definition) is 0. The number of halogens is 1. The molecule has 1 amide bonds. The van der Waals surface area contributed by atoms with Crippen molar-refractivity contribution in [3.63, 3.8) is 0 Å². The zero-order valence-electron chi connectivity index (χ0n) is 11.4. The Morgan fingerprint density at radius 1 is 1.45 bits per heavy atom. The van der Waals surface area contributed by atoms with Crippen LogP contribution < -0.4 is 4.90 Å². The molecule has 2 aromatic rings. The number of aromatic nitrogens is 3. The second-order valence-electron chi connectivity index (χ2n) is 4.85. The Labute approximate surface area is 125 Å². The molecular weight excluding hydrogens is 320 g/mol. The predicted octanol–water partition coefficient (Wildman–Crippen LogP) is 2.57. The molecule has 0 N–H and O–H groups in total. The Balaban J connectivity index is 1.97. The summed E-state index contributed by atoms with van der Waals surface area (Å²) < 4.78 is 2.50. The highest BCUT2D eigenvalue weighted by Crippen LogP contribution is 2.30. The third-order valence-electron chi connectivity index (χ3n) is 3.50. The molecule has 6 heteroatoms. The normalized spacial score (nSPS) is 13.7. The summed E-state index contributed by atoms with van der Waals surface area (Å²) in [4.78, 5) is 18.9. The third-order valence-corrected chi connectivity index (χ3v) is 4.33. The minimum absolute atomic E-state index is 0.0253. The monoisotopic (exact) mass is 334 g/mol. The lowest BCUT2D eigenvalue weighted by atomic mass is 10.2. The number of rotatable bonds is 2. The minimum atomic E-state index is -0.0253. The first kappa shape index (κ1) is 13.3. The van der Waals surface area contributed by atoms with Crippen molar-refractivity contribution in [2.75, 3.05) is 11.4 Å². The van der Waals surface area contributed by atoms with Crippen LogP contribution in [-0.4, -0.2) is 27.2 Å². The molecular formula is C14H15BrN4O. The van der Waals surface area contributed by atoms with Crippen molar-refractivity contribution in [2.24, 2.45) is 0 Å². The van der Waals surface area contributed by atoms with Crippen LogP contribution >= 0.6 is 15.9 Å². The molecule has 0 atom stereocenters. The molecule has 0 fully saturated rings. The molecule has 2 aromatic heterocycles. The summed E-state index contributed by atoms with van der Waals surface area (Å²) in [5, 5.41) is 4.21. The van der Waals surface area contributed by atoms with Gasteiger partial charge in [-0.15, -0.1) is 0 Å². The Hall–Kier alpha value is -1.69. The van der Waals surface area contributed by atoms with Gasteiger partial charge >= 0.3 is 0 Å². The highest BCUT2D eigenvalue weighted by atomic mass is 79.9. The second-order valence-corrected chi connectivity index (χ2v) is 5.60. The van der Waals surface area contributed by atoms with Crippen LogP contribution in [0.1, 0.15) is 28.5 Å². The zero-order chi connectivity index (χ0) is 14.3. The summed E-state index contributed by atoms with van der Waals surface area (Å²) in [6, 6.07) is 2.02. The van der Waals surface area contributed by atoms with Crippen molar-refractivity contribution in [1.29, 1.82) is 0 Å². The molecule has 0 aliphatic carbocycles. The van der Waals surface area contributed by atoms with Gasteiger partial charge in [0.15, 0.2) is 0 Å². The molecule has 0 saturated heterocycles. The van der Waals surface area contributed by atoms with Crippen LogP contribution in [0.3, 0.4) is 0 Å². The number of carbonyl (C=O) groups is 1. The van der Waals surface area contributed by atoms with Gasteiger partial charge in [0.1, 0.15) is 4.60 Å². The summed E-state index contributed by atoms with van der Waals surface area (Å²) in [6.45, 7) is 5.38. The van der Waals surface area contributed by atoms with Gasteiger partial charge < -0.3 is 4.90 Å². The number of anilines is 1. The highest BCUT2D eigenvalue weighted by molar-refractivity contribution is 9.10. The molecule has 0 bridgehead atoms. The maximum absolute atomic E-state index is 12.7. The largest absolute Gasteiger partial charge is 0.306 e. The molecule has 20 heavy (non-hydrogen) atoms. The van der Waals surface area contributed by atoms with E-state index >= 15 is 0 Å². The predicted molar refractivity (Wildman–Crippen MR) is 80.0 cm³/mol. The van der Waals surface area contributed by atoms with Gasteiger partial charge in [-0.05, 0) is 41.4 Å². The van der Waals surface area contributed by atoms with Crippen LogP contribution in [0.4, 0.5) is 5.69 Å². The molecule has 1 aliphatic rings. The van der Waals surface area contributed by atoms with E-state index in [1.165, 1.54) is 0 Å². The summed E-state index contributed by atoms with van der Waals surface area (Å²) in [5.74, 6) is -0.0253. The van der Waals surface area contributed by atoms with Crippen LogP contribution in [0.15, 0.2) is 23.1 Å². The minimum Gasteiger partial charge on any atom is -0.306 e. The fourth-order valence-corrected chi connectivity index (χ4v) is 3.05. The molecule has 104 valence electrons. The summed E-state index contributed by atoms with van der Waals surface area (Å²) in [5.41, 5.74) is 3.57. The molecule has 0 radical (unpaired) electrons. The van der Waals surface area contributed by atoms with Crippen molar-refractivity contribution in [3.05, 3.63) is 39.9 Å². The van der Waals surface area contributed by atoms with Crippen LogP contribution in [0.25, 0.3) is 0 Å². The molecule has 0 saturated carbocycles. The van der Waals surface area contributed by atoms with E-state index in [-0.39, 0.29) is 5.91 Å². The van der Waals surface area contributed by atoms with Gasteiger partial charge in [-0.2, -0.15) is 5.10 Å². The lowest BCUT2D eigenvalue weighted by Gasteiger charge is -2.16. The van der Waals surface area contributed by atoms with Crippen molar-refractivity contribution in [2.45, 2.75) is 26.8 Å². The summed E-state index contributed by atoms with van der Waals surface area (Å²) in [7, 11) is 0. The number of hydrogen-bond acceptors (Lipinski definition) is 3. The quantitative estimate of drug-likeness (QED) is 0.848. The smallest absolute Gasteiger partial charge is 0.262 e. The standard InChI is InChI=1S/C14H15BrN4O/c1-3-19-13(15)10(8-17-19)14(20)18-5-4-11-12(18)6-9(2)7-16-11/h6-8H,3-5H2,1-2H3. The van der Waals surface area contributed by atoms with Gasteiger partial charge in [-0.3, -0.25) is 14.5 Å². The lowest BCUT2D eigenvalue weighted by molar-refractivity contribution is 0.0988. The van der Waals surface area contributed by atoms with Crippen molar-refractivity contribution in [3.8, 4) is 0 Å². The van der Waals surface area contributed by atoms with E-state index in [9.17, 15) is 4.79 Å². The number of aryl methyl sites for hydroxylation is 2. The number of fused-ring (bicyclic) bond motifs is 1. The first-order valence-corrected chi connectivity index (χ1v) is 7.39. The lowest BCUT2D eigenvalue weighted by Crippen LogP contribution is -2.29. The number of nitrogens with zero attached hydrogens (tertiary/aromatic N) is 4. The van der Waals surface area contributed by atoms with Gasteiger partial charge in [-0.25, -0.2) is 0 Å². The molecule has 1 aliphatic heterocycles. The van der Waals surface area contributed by atoms with Crippen molar-refractivity contribution < 1.29 is 4.79 Å². The van der Waals surface area contributed by atoms with Gasteiger partial charge in [0.2, 0.25) is 0 Å². The van der Waals surface area contributed by atoms with Crippen LogP contribution in [0.5, 0.6) is 0 Å². The molecule has 0 unspecified atom stereocenters. The Morgan fingerprint density at radius 2 is 2.25 bits per heavy atom.